The van der Waals surface area contributed by atoms with E-state index in [1.165, 1.54) is 5.56 Å². The molecule has 0 bridgehead atoms. The number of carbonyl (C=O) groups excluding carboxylic acids is 1. The lowest BCUT2D eigenvalue weighted by Gasteiger charge is -2.24. The Bertz CT molecular complexity index is 626. The molecule has 2 aromatic heterocycles. The van der Waals surface area contributed by atoms with Crippen molar-refractivity contribution in [3.63, 3.8) is 0 Å². The van der Waals surface area contributed by atoms with Gasteiger partial charge < -0.3 is 9.88 Å². The second-order valence-corrected chi connectivity index (χ2v) is 6.15. The number of hydrogen-bond donors (Lipinski definition) is 2. The van der Waals surface area contributed by atoms with Gasteiger partial charge in [0.2, 0.25) is 0 Å². The predicted molar refractivity (Wildman–Crippen MR) is 79.6 cm³/mol. The SMILES string of the molecule is Cc1n[nH]c(C)c1[C@H]1CCCN1C(=O)c1cc(Br)c[nH]1. The first-order valence-electron chi connectivity index (χ1n) is 6.74. The number of likely N-dealkylation sites (tertiary alicyclic amines) is 1. The molecule has 3 heterocycles. The summed E-state index contributed by atoms with van der Waals surface area (Å²) in [6.45, 7) is 4.80. The molecule has 0 spiro atoms. The van der Waals surface area contributed by atoms with Crippen molar-refractivity contribution in [2.75, 3.05) is 6.54 Å². The van der Waals surface area contributed by atoms with Gasteiger partial charge in [0, 0.05) is 28.5 Å². The lowest BCUT2D eigenvalue weighted by molar-refractivity contribution is 0.0730. The standard InChI is InChI=1S/C14H17BrN4O/c1-8-13(9(2)18-17-8)12-4-3-5-19(12)14(20)11-6-10(15)7-16-11/h6-7,12,16H,3-5H2,1-2H3,(H,17,18)/t12-/m1/s1. The minimum Gasteiger partial charge on any atom is -0.356 e. The van der Waals surface area contributed by atoms with Crippen LogP contribution < -0.4 is 0 Å². The summed E-state index contributed by atoms with van der Waals surface area (Å²) in [5, 5.41) is 7.27. The highest BCUT2D eigenvalue weighted by molar-refractivity contribution is 9.10. The van der Waals surface area contributed by atoms with Crippen LogP contribution in [-0.4, -0.2) is 32.5 Å². The Balaban J connectivity index is 1.91. The van der Waals surface area contributed by atoms with Crippen LogP contribution in [0.4, 0.5) is 0 Å². The number of rotatable bonds is 2. The van der Waals surface area contributed by atoms with E-state index in [0.29, 0.717) is 5.69 Å². The van der Waals surface area contributed by atoms with Crippen molar-refractivity contribution in [1.82, 2.24) is 20.1 Å². The zero-order valence-electron chi connectivity index (χ0n) is 11.5. The number of amides is 1. The van der Waals surface area contributed by atoms with E-state index in [-0.39, 0.29) is 11.9 Å². The van der Waals surface area contributed by atoms with Crippen LogP contribution in [0, 0.1) is 13.8 Å². The van der Waals surface area contributed by atoms with Gasteiger partial charge in [-0.05, 0) is 48.7 Å². The first-order chi connectivity index (χ1) is 9.58. The molecule has 0 aromatic carbocycles. The van der Waals surface area contributed by atoms with Crippen LogP contribution in [-0.2, 0) is 0 Å². The zero-order valence-corrected chi connectivity index (χ0v) is 13.1. The van der Waals surface area contributed by atoms with Crippen molar-refractivity contribution in [3.8, 4) is 0 Å². The molecule has 0 aliphatic carbocycles. The van der Waals surface area contributed by atoms with E-state index >= 15 is 0 Å². The minimum absolute atomic E-state index is 0.0539. The maximum Gasteiger partial charge on any atom is 0.270 e. The largest absolute Gasteiger partial charge is 0.356 e. The number of hydrogen-bond acceptors (Lipinski definition) is 2. The number of halogens is 1. The average molecular weight is 337 g/mol. The molecular weight excluding hydrogens is 320 g/mol. The van der Waals surface area contributed by atoms with E-state index in [4.69, 9.17) is 0 Å². The molecule has 1 atom stereocenters. The predicted octanol–water partition coefficient (Wildman–Crippen LogP) is 3.09. The molecule has 1 aliphatic heterocycles. The quantitative estimate of drug-likeness (QED) is 0.884. The summed E-state index contributed by atoms with van der Waals surface area (Å²) < 4.78 is 0.896. The maximum absolute atomic E-state index is 12.6. The molecule has 1 fully saturated rings. The third-order valence-electron chi connectivity index (χ3n) is 3.91. The average Bonchev–Trinajstić information content (AvgIpc) is 3.10. The summed E-state index contributed by atoms with van der Waals surface area (Å²) >= 11 is 3.37. The van der Waals surface area contributed by atoms with E-state index < -0.39 is 0 Å². The third kappa shape index (κ3) is 2.18. The lowest BCUT2D eigenvalue weighted by atomic mass is 10.0. The highest BCUT2D eigenvalue weighted by Gasteiger charge is 2.33. The Morgan fingerprint density at radius 2 is 2.30 bits per heavy atom. The van der Waals surface area contributed by atoms with Gasteiger partial charge in [-0.15, -0.1) is 0 Å². The van der Waals surface area contributed by atoms with Crippen molar-refractivity contribution in [2.24, 2.45) is 0 Å². The van der Waals surface area contributed by atoms with Gasteiger partial charge in [-0.1, -0.05) is 0 Å². The van der Waals surface area contributed by atoms with Gasteiger partial charge in [-0.25, -0.2) is 0 Å². The second kappa shape index (κ2) is 5.09. The lowest BCUT2D eigenvalue weighted by Crippen LogP contribution is -2.31. The number of aromatic nitrogens is 3. The molecule has 2 aromatic rings. The highest BCUT2D eigenvalue weighted by atomic mass is 79.9. The molecule has 1 amide bonds. The Labute approximate surface area is 125 Å². The number of nitrogens with zero attached hydrogens (tertiary/aromatic N) is 2. The molecule has 3 rings (SSSR count). The summed E-state index contributed by atoms with van der Waals surface area (Å²) in [7, 11) is 0. The van der Waals surface area contributed by atoms with Crippen molar-refractivity contribution in [2.45, 2.75) is 32.7 Å². The van der Waals surface area contributed by atoms with E-state index in [2.05, 4.69) is 31.1 Å². The van der Waals surface area contributed by atoms with Gasteiger partial charge in [0.15, 0.2) is 0 Å². The fourth-order valence-corrected chi connectivity index (χ4v) is 3.35. The first-order valence-corrected chi connectivity index (χ1v) is 7.53. The number of carbonyl (C=O) groups is 1. The highest BCUT2D eigenvalue weighted by Crippen LogP contribution is 2.35. The maximum atomic E-state index is 12.6. The molecule has 5 nitrogen and oxygen atoms in total. The fourth-order valence-electron chi connectivity index (χ4n) is 3.01. The molecule has 20 heavy (non-hydrogen) atoms. The van der Waals surface area contributed by atoms with Crippen molar-refractivity contribution in [1.29, 1.82) is 0 Å². The number of nitrogens with one attached hydrogen (secondary N) is 2. The van der Waals surface area contributed by atoms with Crippen molar-refractivity contribution >= 4 is 21.8 Å². The third-order valence-corrected chi connectivity index (χ3v) is 4.37. The molecule has 0 unspecified atom stereocenters. The molecule has 1 aliphatic rings. The van der Waals surface area contributed by atoms with Gasteiger partial charge in [0.25, 0.3) is 5.91 Å². The van der Waals surface area contributed by atoms with Gasteiger partial charge >= 0.3 is 0 Å². The molecular formula is C14H17BrN4O. The van der Waals surface area contributed by atoms with Crippen LogP contribution in [0.15, 0.2) is 16.7 Å². The van der Waals surface area contributed by atoms with E-state index in [1.807, 2.05) is 24.8 Å². The molecule has 0 radical (unpaired) electrons. The monoisotopic (exact) mass is 336 g/mol. The Morgan fingerprint density at radius 1 is 1.50 bits per heavy atom. The molecule has 2 N–H and O–H groups in total. The molecule has 6 heteroatoms. The van der Waals surface area contributed by atoms with Crippen LogP contribution in [0.5, 0.6) is 0 Å². The minimum atomic E-state index is 0.0539. The summed E-state index contributed by atoms with van der Waals surface area (Å²) in [6.07, 6.45) is 3.81. The normalized spacial score (nSPS) is 18.8. The molecule has 1 saturated heterocycles. The van der Waals surface area contributed by atoms with Gasteiger partial charge in [0.05, 0.1) is 11.7 Å². The van der Waals surface area contributed by atoms with Crippen LogP contribution in [0.1, 0.15) is 46.3 Å². The first kappa shape index (κ1) is 13.4. The van der Waals surface area contributed by atoms with E-state index in [9.17, 15) is 4.79 Å². The summed E-state index contributed by atoms with van der Waals surface area (Å²) in [5.74, 6) is 0.0539. The summed E-state index contributed by atoms with van der Waals surface area (Å²) in [6, 6.07) is 1.95. The Hall–Kier alpha value is -1.56. The van der Waals surface area contributed by atoms with Crippen molar-refractivity contribution < 1.29 is 4.79 Å². The molecule has 106 valence electrons. The van der Waals surface area contributed by atoms with Crippen molar-refractivity contribution in [3.05, 3.63) is 39.4 Å². The fraction of sp³-hybridized carbons (Fsp3) is 0.429. The van der Waals surface area contributed by atoms with Crippen LogP contribution in [0.3, 0.4) is 0 Å². The topological polar surface area (TPSA) is 64.8 Å². The van der Waals surface area contributed by atoms with Gasteiger partial charge in [-0.3, -0.25) is 9.89 Å². The van der Waals surface area contributed by atoms with Crippen LogP contribution in [0.2, 0.25) is 0 Å². The Morgan fingerprint density at radius 3 is 2.90 bits per heavy atom. The number of aryl methyl sites for hydroxylation is 2. The summed E-state index contributed by atoms with van der Waals surface area (Å²) in [4.78, 5) is 17.6. The van der Waals surface area contributed by atoms with Gasteiger partial charge in [-0.2, -0.15) is 5.10 Å². The number of aromatic amines is 2. The van der Waals surface area contributed by atoms with Crippen LogP contribution >= 0.6 is 15.9 Å². The molecule has 0 saturated carbocycles. The smallest absolute Gasteiger partial charge is 0.270 e. The zero-order chi connectivity index (χ0) is 14.3. The van der Waals surface area contributed by atoms with E-state index in [1.54, 1.807) is 6.20 Å². The summed E-state index contributed by atoms with van der Waals surface area (Å²) in [5.41, 5.74) is 3.84. The Kier molecular flexibility index (Phi) is 3.41. The van der Waals surface area contributed by atoms with Gasteiger partial charge in [0.1, 0.15) is 5.69 Å². The second-order valence-electron chi connectivity index (χ2n) is 5.24. The number of H-pyrrole nitrogens is 2. The van der Waals surface area contributed by atoms with E-state index in [0.717, 1.165) is 35.2 Å². The van der Waals surface area contributed by atoms with Crippen LogP contribution in [0.25, 0.3) is 0 Å².